The molecule has 0 aliphatic heterocycles. The molecule has 0 fully saturated rings. The fourth-order valence-electron chi connectivity index (χ4n) is 1.40. The molecule has 0 atom stereocenters. The van der Waals surface area contributed by atoms with Gasteiger partial charge >= 0.3 is 0 Å². The van der Waals surface area contributed by atoms with Crippen molar-refractivity contribution in [3.63, 3.8) is 0 Å². The van der Waals surface area contributed by atoms with Gasteiger partial charge in [-0.05, 0) is 12.3 Å². The molecule has 0 aromatic rings. The summed E-state index contributed by atoms with van der Waals surface area (Å²) < 4.78 is 4.96. The third kappa shape index (κ3) is 8.01. The molecule has 0 bridgehead atoms. The highest BCUT2D eigenvalue weighted by atomic mass is 16.5. The zero-order valence-corrected chi connectivity index (χ0v) is 9.45. The van der Waals surface area contributed by atoms with E-state index < -0.39 is 0 Å². The van der Waals surface area contributed by atoms with Crippen LogP contribution in [0, 0.1) is 5.92 Å². The lowest BCUT2D eigenvalue weighted by molar-refractivity contribution is -0.119. The molecule has 1 amide bonds. The number of ether oxygens (including phenoxy) is 1. The van der Waals surface area contributed by atoms with Crippen molar-refractivity contribution in [1.82, 2.24) is 4.90 Å². The Labute approximate surface area is 86.4 Å². The summed E-state index contributed by atoms with van der Waals surface area (Å²) in [4.78, 5) is 12.8. The average Bonchev–Trinajstić information content (AvgIpc) is 2.02. The van der Waals surface area contributed by atoms with Crippen molar-refractivity contribution in [2.24, 2.45) is 11.7 Å². The number of hydrogen-bond acceptors (Lipinski definition) is 3. The molecule has 0 saturated carbocycles. The highest BCUT2D eigenvalue weighted by Gasteiger charge is 2.09. The molecule has 4 heteroatoms. The lowest BCUT2D eigenvalue weighted by Gasteiger charge is -2.22. The van der Waals surface area contributed by atoms with E-state index in [1.807, 2.05) is 0 Å². The lowest BCUT2D eigenvalue weighted by Crippen LogP contribution is -2.37. The van der Waals surface area contributed by atoms with Gasteiger partial charge in [-0.3, -0.25) is 9.69 Å². The molecule has 0 heterocycles. The van der Waals surface area contributed by atoms with Gasteiger partial charge in [0.1, 0.15) is 0 Å². The maximum Gasteiger partial charge on any atom is 0.231 e. The van der Waals surface area contributed by atoms with Crippen molar-refractivity contribution in [2.45, 2.75) is 20.3 Å². The van der Waals surface area contributed by atoms with Crippen molar-refractivity contribution in [3.05, 3.63) is 0 Å². The third-order valence-corrected chi connectivity index (χ3v) is 1.83. The van der Waals surface area contributed by atoms with E-state index in [0.29, 0.717) is 12.5 Å². The Balaban J connectivity index is 3.78. The number of carbonyl (C=O) groups excluding carboxylic acids is 1. The first-order valence-electron chi connectivity index (χ1n) is 5.05. The monoisotopic (exact) mass is 202 g/mol. The van der Waals surface area contributed by atoms with Gasteiger partial charge in [-0.2, -0.15) is 0 Å². The SMILES string of the molecule is COCCCN(CC(N)=O)CC(C)C. The largest absolute Gasteiger partial charge is 0.385 e. The standard InChI is InChI=1S/C10H22N2O2/c1-9(2)7-12(8-10(11)13)5-4-6-14-3/h9H,4-8H2,1-3H3,(H2,11,13). The second-order valence-corrected chi connectivity index (χ2v) is 3.94. The van der Waals surface area contributed by atoms with Gasteiger partial charge in [-0.1, -0.05) is 13.8 Å². The molecule has 0 aromatic carbocycles. The van der Waals surface area contributed by atoms with Gasteiger partial charge in [0, 0.05) is 26.8 Å². The molecular formula is C10H22N2O2. The number of primary amides is 1. The molecule has 0 radical (unpaired) electrons. The van der Waals surface area contributed by atoms with Gasteiger partial charge in [-0.15, -0.1) is 0 Å². The summed E-state index contributed by atoms with van der Waals surface area (Å²) in [5.74, 6) is 0.292. The molecule has 0 unspecified atom stereocenters. The maximum absolute atomic E-state index is 10.8. The molecule has 0 aliphatic carbocycles. The average molecular weight is 202 g/mol. The number of amides is 1. The van der Waals surface area contributed by atoms with E-state index in [1.54, 1.807) is 7.11 Å². The topological polar surface area (TPSA) is 55.6 Å². The van der Waals surface area contributed by atoms with Gasteiger partial charge in [0.05, 0.1) is 6.54 Å². The van der Waals surface area contributed by atoms with Crippen LogP contribution in [0.4, 0.5) is 0 Å². The van der Waals surface area contributed by atoms with Crippen LogP contribution in [-0.4, -0.2) is 44.2 Å². The molecule has 0 aliphatic rings. The Bertz CT molecular complexity index is 160. The highest BCUT2D eigenvalue weighted by Crippen LogP contribution is 1.99. The van der Waals surface area contributed by atoms with Crippen LogP contribution in [0.15, 0.2) is 0 Å². The molecule has 84 valence electrons. The lowest BCUT2D eigenvalue weighted by atomic mass is 10.2. The highest BCUT2D eigenvalue weighted by molar-refractivity contribution is 5.75. The number of nitrogens with zero attached hydrogens (tertiary/aromatic N) is 1. The van der Waals surface area contributed by atoms with Crippen LogP contribution < -0.4 is 5.73 Å². The fraction of sp³-hybridized carbons (Fsp3) is 0.900. The van der Waals surface area contributed by atoms with Gasteiger partial charge in [0.25, 0.3) is 0 Å². The minimum Gasteiger partial charge on any atom is -0.385 e. The normalized spacial score (nSPS) is 11.2. The van der Waals surface area contributed by atoms with Crippen molar-refractivity contribution >= 4 is 5.91 Å². The van der Waals surface area contributed by atoms with Crippen LogP contribution in [0.2, 0.25) is 0 Å². The van der Waals surface area contributed by atoms with Crippen LogP contribution in [0.3, 0.4) is 0 Å². The zero-order valence-electron chi connectivity index (χ0n) is 9.45. The predicted octanol–water partition coefficient (Wildman–Crippen LogP) is 0.466. The van der Waals surface area contributed by atoms with Crippen LogP contribution in [0.1, 0.15) is 20.3 Å². The van der Waals surface area contributed by atoms with Gasteiger partial charge in [0.2, 0.25) is 5.91 Å². The van der Waals surface area contributed by atoms with E-state index in [0.717, 1.165) is 26.1 Å². The fourth-order valence-corrected chi connectivity index (χ4v) is 1.40. The summed E-state index contributed by atoms with van der Waals surface area (Å²) >= 11 is 0. The van der Waals surface area contributed by atoms with Crippen LogP contribution in [-0.2, 0) is 9.53 Å². The smallest absolute Gasteiger partial charge is 0.231 e. The second kappa shape index (κ2) is 7.76. The summed E-state index contributed by atoms with van der Waals surface area (Å²) in [5, 5.41) is 0. The third-order valence-electron chi connectivity index (χ3n) is 1.83. The van der Waals surface area contributed by atoms with Crippen molar-refractivity contribution in [2.75, 3.05) is 33.4 Å². The van der Waals surface area contributed by atoms with E-state index in [9.17, 15) is 4.79 Å². The first kappa shape index (κ1) is 13.4. The molecule has 0 aromatic heterocycles. The summed E-state index contributed by atoms with van der Waals surface area (Å²) in [6, 6.07) is 0. The van der Waals surface area contributed by atoms with Gasteiger partial charge < -0.3 is 10.5 Å². The number of hydrogen-bond donors (Lipinski definition) is 1. The zero-order chi connectivity index (χ0) is 11.0. The second-order valence-electron chi connectivity index (χ2n) is 3.94. The number of rotatable bonds is 8. The summed E-state index contributed by atoms with van der Waals surface area (Å²) in [6.07, 6.45) is 0.941. The van der Waals surface area contributed by atoms with E-state index in [1.165, 1.54) is 0 Å². The molecular weight excluding hydrogens is 180 g/mol. The number of nitrogens with two attached hydrogens (primary N) is 1. The predicted molar refractivity (Wildman–Crippen MR) is 57.0 cm³/mol. The first-order chi connectivity index (χ1) is 6.56. The van der Waals surface area contributed by atoms with Gasteiger partial charge in [-0.25, -0.2) is 0 Å². The number of carbonyl (C=O) groups is 1. The van der Waals surface area contributed by atoms with Crippen molar-refractivity contribution in [3.8, 4) is 0 Å². The van der Waals surface area contributed by atoms with Crippen LogP contribution >= 0.6 is 0 Å². The molecule has 0 spiro atoms. The van der Waals surface area contributed by atoms with E-state index >= 15 is 0 Å². The Hall–Kier alpha value is -0.610. The number of methoxy groups -OCH3 is 1. The Morgan fingerprint density at radius 1 is 1.50 bits per heavy atom. The molecule has 2 N–H and O–H groups in total. The minimum absolute atomic E-state index is 0.261. The summed E-state index contributed by atoms with van der Waals surface area (Å²) in [7, 11) is 1.68. The van der Waals surface area contributed by atoms with E-state index in [4.69, 9.17) is 10.5 Å². The summed E-state index contributed by atoms with van der Waals surface area (Å²) in [6.45, 7) is 7.12. The van der Waals surface area contributed by atoms with Crippen LogP contribution in [0.5, 0.6) is 0 Å². The molecule has 0 rings (SSSR count). The van der Waals surface area contributed by atoms with Gasteiger partial charge in [0.15, 0.2) is 0 Å². The molecule has 4 nitrogen and oxygen atoms in total. The Morgan fingerprint density at radius 2 is 2.14 bits per heavy atom. The maximum atomic E-state index is 10.8. The minimum atomic E-state index is -0.261. The quantitative estimate of drug-likeness (QED) is 0.582. The van der Waals surface area contributed by atoms with Crippen molar-refractivity contribution in [1.29, 1.82) is 0 Å². The first-order valence-corrected chi connectivity index (χ1v) is 5.05. The van der Waals surface area contributed by atoms with E-state index in [2.05, 4.69) is 18.7 Å². The van der Waals surface area contributed by atoms with Crippen LogP contribution in [0.25, 0.3) is 0 Å². The molecule has 0 saturated heterocycles. The van der Waals surface area contributed by atoms with Crippen molar-refractivity contribution < 1.29 is 9.53 Å². The molecule has 14 heavy (non-hydrogen) atoms. The van der Waals surface area contributed by atoms with E-state index in [-0.39, 0.29) is 5.91 Å². The Kier molecular flexibility index (Phi) is 7.42. The summed E-state index contributed by atoms with van der Waals surface area (Å²) in [5.41, 5.74) is 5.16. The Morgan fingerprint density at radius 3 is 2.57 bits per heavy atom.